The number of benzene rings is 1. The maximum Gasteiger partial charge on any atom is 0.253 e. The molecule has 2 fully saturated rings. The largest absolute Gasteiger partial charge is 0.467 e. The molecule has 1 saturated heterocycles. The number of aromatic amines is 1. The summed E-state index contributed by atoms with van der Waals surface area (Å²) < 4.78 is 7.34. The van der Waals surface area contributed by atoms with E-state index in [1.807, 2.05) is 24.3 Å². The average Bonchev–Trinajstić information content (AvgIpc) is 3.59. The van der Waals surface area contributed by atoms with Crippen molar-refractivity contribution in [2.75, 3.05) is 26.2 Å². The third kappa shape index (κ3) is 4.85. The lowest BCUT2D eigenvalue weighted by atomic mass is 9.93. The Kier molecular flexibility index (Phi) is 6.65. The van der Waals surface area contributed by atoms with Crippen molar-refractivity contribution < 1.29 is 4.42 Å². The Morgan fingerprint density at radius 1 is 1.08 bits per heavy atom. The van der Waals surface area contributed by atoms with Crippen LogP contribution in [0.3, 0.4) is 0 Å². The molecule has 194 valence electrons. The van der Waals surface area contributed by atoms with Gasteiger partial charge >= 0.3 is 0 Å². The van der Waals surface area contributed by atoms with Crippen LogP contribution in [0.4, 0.5) is 0 Å². The van der Waals surface area contributed by atoms with Crippen molar-refractivity contribution in [2.24, 2.45) is 0 Å². The molecule has 9 nitrogen and oxygen atoms in total. The lowest BCUT2D eigenvalue weighted by molar-refractivity contribution is 0.0617. The minimum atomic E-state index is -0.354. The molecule has 1 unspecified atom stereocenters. The van der Waals surface area contributed by atoms with Gasteiger partial charge in [-0.05, 0) is 72.5 Å². The Morgan fingerprint density at radius 2 is 1.89 bits per heavy atom. The highest BCUT2D eigenvalue weighted by atomic mass is 16.3. The number of H-pyrrole nitrogens is 1. The normalized spacial score (nSPS) is 19.0. The number of rotatable bonds is 6. The van der Waals surface area contributed by atoms with Gasteiger partial charge in [-0.1, -0.05) is 25.3 Å². The molecule has 1 aliphatic carbocycles. The Balaban J connectivity index is 1.38. The number of hydrogen-bond donors (Lipinski definition) is 1. The fourth-order valence-electron chi connectivity index (χ4n) is 6.27. The summed E-state index contributed by atoms with van der Waals surface area (Å²) in [5.41, 5.74) is 3.72. The molecule has 1 saturated carbocycles. The van der Waals surface area contributed by atoms with Crippen molar-refractivity contribution in [2.45, 2.75) is 64.6 Å². The van der Waals surface area contributed by atoms with E-state index in [9.17, 15) is 4.79 Å². The van der Waals surface area contributed by atoms with Gasteiger partial charge in [0.25, 0.3) is 5.56 Å². The van der Waals surface area contributed by atoms with Crippen LogP contribution in [0, 0.1) is 13.8 Å². The molecule has 9 heteroatoms. The van der Waals surface area contributed by atoms with Crippen LogP contribution in [0.2, 0.25) is 0 Å². The highest BCUT2D eigenvalue weighted by molar-refractivity contribution is 5.83. The standard InChI is InChI=1S/C28H35N7O2/c1-19-15-20(2)23-17-24(28(36)29-25(23)16-19)26(27-30-31-32-35(27)18-22-9-6-14-37-22)34-12-10-33(11-13-34)21-7-4-3-5-8-21/h6,9,14-17,21,26H,3-5,7-8,10-13,18H2,1-2H3,(H,29,36). The number of nitrogens with zero attached hydrogens (tertiary/aromatic N) is 6. The molecule has 1 aliphatic heterocycles. The maximum absolute atomic E-state index is 13.6. The predicted molar refractivity (Wildman–Crippen MR) is 142 cm³/mol. The Labute approximate surface area is 216 Å². The van der Waals surface area contributed by atoms with Crippen LogP contribution in [0.1, 0.15) is 66.4 Å². The van der Waals surface area contributed by atoms with Crippen molar-refractivity contribution in [1.82, 2.24) is 35.0 Å². The molecule has 0 radical (unpaired) electrons. The van der Waals surface area contributed by atoms with E-state index in [-0.39, 0.29) is 11.6 Å². The molecule has 1 N–H and O–H groups in total. The number of tetrazole rings is 1. The minimum Gasteiger partial charge on any atom is -0.467 e. The van der Waals surface area contributed by atoms with Crippen molar-refractivity contribution in [3.8, 4) is 0 Å². The monoisotopic (exact) mass is 501 g/mol. The third-order valence-corrected chi connectivity index (χ3v) is 8.13. The number of pyridine rings is 1. The van der Waals surface area contributed by atoms with Crippen LogP contribution in [-0.2, 0) is 6.54 Å². The molecule has 4 heterocycles. The van der Waals surface area contributed by atoms with Crippen LogP contribution in [0.5, 0.6) is 0 Å². The van der Waals surface area contributed by atoms with Gasteiger partial charge in [-0.15, -0.1) is 5.10 Å². The number of aromatic nitrogens is 5. The first-order valence-corrected chi connectivity index (χ1v) is 13.5. The molecule has 0 amide bonds. The lowest BCUT2D eigenvalue weighted by Crippen LogP contribution is -2.52. The molecule has 1 aromatic carbocycles. The number of aryl methyl sites for hydroxylation is 2. The molecule has 3 aromatic heterocycles. The van der Waals surface area contributed by atoms with Crippen LogP contribution in [0.15, 0.2) is 45.8 Å². The van der Waals surface area contributed by atoms with Gasteiger partial charge in [-0.2, -0.15) is 0 Å². The van der Waals surface area contributed by atoms with Gasteiger partial charge in [-0.25, -0.2) is 4.68 Å². The van der Waals surface area contributed by atoms with Gasteiger partial charge in [0.15, 0.2) is 5.82 Å². The Hall–Kier alpha value is -3.30. The molecular weight excluding hydrogens is 466 g/mol. The fraction of sp³-hybridized carbons (Fsp3) is 0.500. The van der Waals surface area contributed by atoms with Crippen molar-refractivity contribution in [1.29, 1.82) is 0 Å². The zero-order chi connectivity index (χ0) is 25.4. The van der Waals surface area contributed by atoms with Gasteiger partial charge in [0.1, 0.15) is 18.3 Å². The second kappa shape index (κ2) is 10.2. The summed E-state index contributed by atoms with van der Waals surface area (Å²) in [4.78, 5) is 21.8. The van der Waals surface area contributed by atoms with E-state index in [1.54, 1.807) is 10.9 Å². The summed E-state index contributed by atoms with van der Waals surface area (Å²) in [6.45, 7) is 8.26. The molecule has 4 aromatic rings. The van der Waals surface area contributed by atoms with E-state index in [0.717, 1.165) is 54.0 Å². The first-order valence-electron chi connectivity index (χ1n) is 13.5. The van der Waals surface area contributed by atoms with Crippen molar-refractivity contribution >= 4 is 10.9 Å². The predicted octanol–water partition coefficient (Wildman–Crippen LogP) is 3.81. The van der Waals surface area contributed by atoms with E-state index in [0.29, 0.717) is 24.0 Å². The summed E-state index contributed by atoms with van der Waals surface area (Å²) in [5.74, 6) is 1.44. The van der Waals surface area contributed by atoms with Crippen LogP contribution in [-0.4, -0.2) is 67.2 Å². The van der Waals surface area contributed by atoms with Crippen LogP contribution >= 0.6 is 0 Å². The Bertz CT molecular complexity index is 1410. The highest BCUT2D eigenvalue weighted by Gasteiger charge is 2.34. The summed E-state index contributed by atoms with van der Waals surface area (Å²) in [6.07, 6.45) is 8.28. The minimum absolute atomic E-state index is 0.0928. The topological polar surface area (TPSA) is 96.1 Å². The number of fused-ring (bicyclic) bond motifs is 1. The molecule has 0 spiro atoms. The summed E-state index contributed by atoms with van der Waals surface area (Å²) in [6, 6.07) is 10.3. The average molecular weight is 502 g/mol. The SMILES string of the molecule is Cc1cc(C)c2cc(C(c3nnnn3Cc3ccco3)N3CCN(C4CCCCC4)CC3)c(=O)[nH]c2c1. The second-order valence-electron chi connectivity index (χ2n) is 10.6. The summed E-state index contributed by atoms with van der Waals surface area (Å²) in [5, 5.41) is 13.8. The van der Waals surface area contributed by atoms with Crippen molar-refractivity contribution in [3.63, 3.8) is 0 Å². The Morgan fingerprint density at radius 3 is 2.65 bits per heavy atom. The smallest absolute Gasteiger partial charge is 0.253 e. The van der Waals surface area contributed by atoms with E-state index < -0.39 is 0 Å². The molecule has 2 aliphatic rings. The zero-order valence-electron chi connectivity index (χ0n) is 21.7. The molecule has 6 rings (SSSR count). The maximum atomic E-state index is 13.6. The van der Waals surface area contributed by atoms with Gasteiger partial charge < -0.3 is 9.40 Å². The van der Waals surface area contributed by atoms with E-state index in [1.165, 1.54) is 32.1 Å². The van der Waals surface area contributed by atoms with Gasteiger partial charge in [0.2, 0.25) is 0 Å². The van der Waals surface area contributed by atoms with E-state index in [2.05, 4.69) is 50.2 Å². The number of nitrogens with one attached hydrogen (secondary N) is 1. The molecule has 37 heavy (non-hydrogen) atoms. The van der Waals surface area contributed by atoms with Crippen molar-refractivity contribution in [3.05, 3.63) is 75.2 Å². The molecular formula is C28H35N7O2. The van der Waals surface area contributed by atoms with Gasteiger partial charge in [0, 0.05) is 48.7 Å². The lowest BCUT2D eigenvalue weighted by Gasteiger charge is -2.42. The van der Waals surface area contributed by atoms with E-state index in [4.69, 9.17) is 4.42 Å². The highest BCUT2D eigenvalue weighted by Crippen LogP contribution is 2.31. The zero-order valence-corrected chi connectivity index (χ0v) is 21.7. The van der Waals surface area contributed by atoms with Gasteiger partial charge in [0.05, 0.1) is 6.26 Å². The summed E-state index contributed by atoms with van der Waals surface area (Å²) in [7, 11) is 0. The number of piperazine rings is 1. The second-order valence-corrected chi connectivity index (χ2v) is 10.6. The van der Waals surface area contributed by atoms with Crippen LogP contribution in [0.25, 0.3) is 10.9 Å². The van der Waals surface area contributed by atoms with Crippen LogP contribution < -0.4 is 5.56 Å². The fourth-order valence-corrected chi connectivity index (χ4v) is 6.27. The van der Waals surface area contributed by atoms with E-state index >= 15 is 0 Å². The number of furan rings is 1. The molecule has 0 bridgehead atoms. The first kappa shape index (κ1) is 24.1. The first-order chi connectivity index (χ1) is 18.1. The number of hydrogen-bond acceptors (Lipinski definition) is 7. The quantitative estimate of drug-likeness (QED) is 0.429. The summed E-state index contributed by atoms with van der Waals surface area (Å²) >= 11 is 0. The molecule has 1 atom stereocenters. The third-order valence-electron chi connectivity index (χ3n) is 8.13. The van der Waals surface area contributed by atoms with Gasteiger partial charge in [-0.3, -0.25) is 14.6 Å².